The summed E-state index contributed by atoms with van der Waals surface area (Å²) < 4.78 is 0. The Kier molecular flexibility index (Phi) is 4.70. The van der Waals surface area contributed by atoms with Crippen molar-refractivity contribution in [3.05, 3.63) is 35.5 Å². The van der Waals surface area contributed by atoms with Gasteiger partial charge < -0.3 is 9.80 Å². The fraction of sp³-hybridized carbons (Fsp3) is 0.524. The number of hydrogen-bond donors (Lipinski definition) is 1. The van der Waals surface area contributed by atoms with Gasteiger partial charge in [0.25, 0.3) is 0 Å². The molecule has 0 aliphatic carbocycles. The summed E-state index contributed by atoms with van der Waals surface area (Å²) in [7, 11) is 2.17. The van der Waals surface area contributed by atoms with Crippen LogP contribution in [0, 0.1) is 5.92 Å². The summed E-state index contributed by atoms with van der Waals surface area (Å²) in [4.78, 5) is 15.8. The van der Waals surface area contributed by atoms with E-state index in [-0.39, 0.29) is 5.91 Å². The molecule has 0 spiro atoms. The van der Waals surface area contributed by atoms with Gasteiger partial charge in [-0.2, -0.15) is 5.10 Å². The number of carbonyl (C=O) groups is 1. The van der Waals surface area contributed by atoms with Crippen molar-refractivity contribution in [3.63, 3.8) is 0 Å². The maximum absolute atomic E-state index is 11.5. The minimum Gasteiger partial charge on any atom is -0.374 e. The number of benzene rings is 1. The predicted octanol–water partition coefficient (Wildman–Crippen LogP) is 3.26. The molecule has 0 radical (unpaired) electrons. The van der Waals surface area contributed by atoms with Gasteiger partial charge in [-0.05, 0) is 61.3 Å². The van der Waals surface area contributed by atoms with E-state index in [1.807, 2.05) is 11.1 Å². The van der Waals surface area contributed by atoms with Crippen LogP contribution in [0.4, 0.5) is 5.69 Å². The third-order valence-corrected chi connectivity index (χ3v) is 6.01. The van der Waals surface area contributed by atoms with Crippen LogP contribution in [0.25, 0.3) is 11.3 Å². The van der Waals surface area contributed by atoms with Gasteiger partial charge in [-0.1, -0.05) is 6.07 Å². The molecule has 1 fully saturated rings. The van der Waals surface area contributed by atoms with Crippen LogP contribution in [0.3, 0.4) is 0 Å². The van der Waals surface area contributed by atoms with Gasteiger partial charge in [-0.25, -0.2) is 0 Å². The van der Waals surface area contributed by atoms with Gasteiger partial charge >= 0.3 is 0 Å². The Hall–Kier alpha value is -2.30. The molecule has 0 unspecified atom stereocenters. The van der Waals surface area contributed by atoms with Crippen molar-refractivity contribution in [1.29, 1.82) is 0 Å². The lowest BCUT2D eigenvalue weighted by molar-refractivity contribution is -0.130. The minimum atomic E-state index is 0.200. The zero-order valence-corrected chi connectivity index (χ0v) is 15.8. The van der Waals surface area contributed by atoms with E-state index in [2.05, 4.69) is 40.3 Å². The van der Waals surface area contributed by atoms with Gasteiger partial charge in [-0.3, -0.25) is 9.89 Å². The largest absolute Gasteiger partial charge is 0.374 e. The van der Waals surface area contributed by atoms with Gasteiger partial charge in [0, 0.05) is 44.9 Å². The van der Waals surface area contributed by atoms with Crippen LogP contribution in [0.1, 0.15) is 37.3 Å². The average molecular weight is 352 g/mol. The zero-order valence-electron chi connectivity index (χ0n) is 15.8. The van der Waals surface area contributed by atoms with Crippen molar-refractivity contribution in [1.82, 2.24) is 15.1 Å². The van der Waals surface area contributed by atoms with Gasteiger partial charge in [0.1, 0.15) is 0 Å². The Bertz CT molecular complexity index is 789. The number of aryl methyl sites for hydroxylation is 1. The summed E-state index contributed by atoms with van der Waals surface area (Å²) in [6.45, 7) is 4.58. The third-order valence-electron chi connectivity index (χ3n) is 6.01. The van der Waals surface area contributed by atoms with E-state index < -0.39 is 0 Å². The lowest BCUT2D eigenvalue weighted by atomic mass is 9.89. The molecule has 1 N–H and O–H groups in total. The molecule has 1 aromatic carbocycles. The number of nitrogens with zero attached hydrogens (tertiary/aromatic N) is 3. The Balaban J connectivity index is 1.50. The first-order chi connectivity index (χ1) is 12.6. The molecule has 1 saturated heterocycles. The second-order valence-corrected chi connectivity index (χ2v) is 7.79. The van der Waals surface area contributed by atoms with E-state index in [9.17, 15) is 4.79 Å². The number of anilines is 1. The van der Waals surface area contributed by atoms with Crippen molar-refractivity contribution in [2.75, 3.05) is 31.6 Å². The number of aromatic amines is 1. The predicted molar refractivity (Wildman–Crippen MR) is 104 cm³/mol. The first-order valence-electron chi connectivity index (χ1n) is 9.74. The molecule has 26 heavy (non-hydrogen) atoms. The highest BCUT2D eigenvalue weighted by Gasteiger charge is 2.23. The highest BCUT2D eigenvalue weighted by atomic mass is 16.2. The lowest BCUT2D eigenvalue weighted by Gasteiger charge is -2.31. The summed E-state index contributed by atoms with van der Waals surface area (Å²) in [5, 5.41) is 7.56. The SMILES string of the molecule is CC(=O)N1CCC(Cc2cn[nH]c2-c2ccc3c(c2)CCCN3C)CC1. The molecule has 1 amide bonds. The van der Waals surface area contributed by atoms with E-state index in [0.717, 1.165) is 51.0 Å². The van der Waals surface area contributed by atoms with Crippen molar-refractivity contribution in [3.8, 4) is 11.3 Å². The molecular weight excluding hydrogens is 324 g/mol. The Morgan fingerprint density at radius 1 is 1.27 bits per heavy atom. The van der Waals surface area contributed by atoms with Gasteiger partial charge in [0.2, 0.25) is 5.91 Å². The first kappa shape index (κ1) is 17.1. The molecule has 1 aromatic heterocycles. The minimum absolute atomic E-state index is 0.200. The second-order valence-electron chi connectivity index (χ2n) is 7.79. The number of rotatable bonds is 3. The van der Waals surface area contributed by atoms with Gasteiger partial charge in [0.05, 0.1) is 11.9 Å². The molecule has 5 nitrogen and oxygen atoms in total. The molecule has 0 bridgehead atoms. The summed E-state index contributed by atoms with van der Waals surface area (Å²) in [5.41, 5.74) is 6.50. The maximum atomic E-state index is 11.5. The highest BCUT2D eigenvalue weighted by Crippen LogP contribution is 2.32. The number of likely N-dealkylation sites (tertiary alicyclic amines) is 1. The van der Waals surface area contributed by atoms with Crippen LogP contribution in [0.15, 0.2) is 24.4 Å². The summed E-state index contributed by atoms with van der Waals surface area (Å²) in [5.74, 6) is 0.831. The molecule has 0 saturated carbocycles. The van der Waals surface area contributed by atoms with Crippen LogP contribution >= 0.6 is 0 Å². The summed E-state index contributed by atoms with van der Waals surface area (Å²) >= 11 is 0. The highest BCUT2D eigenvalue weighted by molar-refractivity contribution is 5.73. The molecule has 3 heterocycles. The Morgan fingerprint density at radius 2 is 2.08 bits per heavy atom. The normalized spacial score (nSPS) is 18.1. The van der Waals surface area contributed by atoms with Crippen molar-refractivity contribution in [2.24, 2.45) is 5.92 Å². The molecule has 2 aliphatic rings. The maximum Gasteiger partial charge on any atom is 0.219 e. The number of aromatic nitrogens is 2. The molecule has 2 aromatic rings. The fourth-order valence-electron chi connectivity index (χ4n) is 4.42. The number of nitrogens with one attached hydrogen (secondary N) is 1. The molecule has 4 rings (SSSR count). The standard InChI is InChI=1S/C21H28N4O/c1-15(26)25-10-7-16(8-11-25)12-19-14-22-23-21(19)18-5-6-20-17(13-18)4-3-9-24(20)2/h5-6,13-14,16H,3-4,7-12H2,1-2H3,(H,22,23). The van der Waals surface area contributed by atoms with Crippen LogP contribution in [-0.4, -0.2) is 47.7 Å². The molecule has 0 atom stereocenters. The number of piperidine rings is 1. The Morgan fingerprint density at radius 3 is 2.85 bits per heavy atom. The van der Waals surface area contributed by atoms with E-state index in [1.54, 1.807) is 6.92 Å². The number of H-pyrrole nitrogens is 1. The number of hydrogen-bond acceptors (Lipinski definition) is 3. The molecular formula is C21H28N4O. The number of fused-ring (bicyclic) bond motifs is 1. The quantitative estimate of drug-likeness (QED) is 0.922. The molecule has 138 valence electrons. The molecule has 5 heteroatoms. The van der Waals surface area contributed by atoms with Crippen LogP contribution in [0.5, 0.6) is 0 Å². The smallest absolute Gasteiger partial charge is 0.219 e. The average Bonchev–Trinajstić information content (AvgIpc) is 3.10. The van der Waals surface area contributed by atoms with Crippen LogP contribution in [-0.2, 0) is 17.6 Å². The monoisotopic (exact) mass is 352 g/mol. The topological polar surface area (TPSA) is 52.2 Å². The second kappa shape index (κ2) is 7.14. The van der Waals surface area contributed by atoms with E-state index in [1.165, 1.54) is 28.8 Å². The third kappa shape index (κ3) is 3.35. The molecule has 2 aliphatic heterocycles. The fourth-order valence-corrected chi connectivity index (χ4v) is 4.42. The van der Waals surface area contributed by atoms with Crippen molar-refractivity contribution in [2.45, 2.75) is 39.0 Å². The Labute approximate surface area is 155 Å². The van der Waals surface area contributed by atoms with Crippen molar-refractivity contribution >= 4 is 11.6 Å². The van der Waals surface area contributed by atoms with E-state index >= 15 is 0 Å². The number of carbonyl (C=O) groups excluding carboxylic acids is 1. The summed E-state index contributed by atoms with van der Waals surface area (Å²) in [6.07, 6.45) is 7.56. The van der Waals surface area contributed by atoms with Gasteiger partial charge in [-0.15, -0.1) is 0 Å². The van der Waals surface area contributed by atoms with E-state index in [4.69, 9.17) is 0 Å². The van der Waals surface area contributed by atoms with E-state index in [0.29, 0.717) is 5.92 Å². The van der Waals surface area contributed by atoms with Crippen molar-refractivity contribution < 1.29 is 4.79 Å². The lowest BCUT2D eigenvalue weighted by Crippen LogP contribution is -2.37. The number of amides is 1. The first-order valence-corrected chi connectivity index (χ1v) is 9.74. The van der Waals surface area contributed by atoms with Gasteiger partial charge in [0.15, 0.2) is 0 Å². The van der Waals surface area contributed by atoms with Crippen LogP contribution < -0.4 is 4.90 Å². The van der Waals surface area contributed by atoms with Crippen LogP contribution in [0.2, 0.25) is 0 Å². The summed E-state index contributed by atoms with van der Waals surface area (Å²) in [6, 6.07) is 6.80. The zero-order chi connectivity index (χ0) is 18.1.